The van der Waals surface area contributed by atoms with E-state index < -0.39 is 15.9 Å². The molecule has 26 heavy (non-hydrogen) atoms. The van der Waals surface area contributed by atoms with Crippen LogP contribution in [0.2, 0.25) is 0 Å². The minimum atomic E-state index is -3.77. The van der Waals surface area contributed by atoms with E-state index in [0.717, 1.165) is 9.87 Å². The molecule has 1 aromatic rings. The summed E-state index contributed by atoms with van der Waals surface area (Å²) >= 11 is 0. The third-order valence-corrected chi connectivity index (χ3v) is 6.14. The number of nitrogens with one attached hydrogen (secondary N) is 1. The molecule has 0 spiro atoms. The SMILES string of the molecule is O=C1CN(S(=O)(=O)C[C@@H](Cc2ccccc2)C(=O)C2=N[N]C=C2)CCN1. The van der Waals surface area contributed by atoms with Gasteiger partial charge in [0.05, 0.1) is 18.5 Å². The zero-order valence-corrected chi connectivity index (χ0v) is 14.9. The number of piperazine rings is 1. The van der Waals surface area contributed by atoms with Gasteiger partial charge in [-0.15, -0.1) is 5.10 Å². The van der Waals surface area contributed by atoms with Gasteiger partial charge >= 0.3 is 0 Å². The minimum absolute atomic E-state index is 0.150. The largest absolute Gasteiger partial charge is 0.354 e. The molecule has 1 radical (unpaired) electrons. The monoisotopic (exact) mass is 375 g/mol. The second-order valence-corrected chi connectivity index (χ2v) is 8.14. The number of hydrogen-bond acceptors (Lipinski definition) is 5. The second-order valence-electron chi connectivity index (χ2n) is 6.13. The zero-order valence-electron chi connectivity index (χ0n) is 14.0. The molecule has 3 rings (SSSR count). The number of hydrogen-bond donors (Lipinski definition) is 1. The fourth-order valence-corrected chi connectivity index (χ4v) is 4.58. The maximum atomic E-state index is 12.8. The lowest BCUT2D eigenvalue weighted by molar-refractivity contribution is -0.122. The summed E-state index contributed by atoms with van der Waals surface area (Å²) in [7, 11) is -3.77. The first-order chi connectivity index (χ1) is 12.5. The highest BCUT2D eigenvalue weighted by Gasteiger charge is 2.34. The van der Waals surface area contributed by atoms with Gasteiger partial charge in [0.1, 0.15) is 5.71 Å². The van der Waals surface area contributed by atoms with E-state index in [2.05, 4.69) is 15.8 Å². The molecule has 8 nitrogen and oxygen atoms in total. The number of rotatable bonds is 7. The first-order valence-corrected chi connectivity index (χ1v) is 9.83. The number of amides is 1. The van der Waals surface area contributed by atoms with Crippen LogP contribution in [0.25, 0.3) is 0 Å². The van der Waals surface area contributed by atoms with Crippen molar-refractivity contribution in [3.63, 3.8) is 0 Å². The topological polar surface area (TPSA) is 110 Å². The van der Waals surface area contributed by atoms with Gasteiger partial charge in [-0.05, 0) is 18.1 Å². The number of carbonyl (C=O) groups is 2. The van der Waals surface area contributed by atoms with Crippen LogP contribution in [-0.4, -0.2) is 55.5 Å². The molecule has 1 saturated heterocycles. The Balaban J connectivity index is 1.81. The van der Waals surface area contributed by atoms with E-state index in [4.69, 9.17) is 0 Å². The van der Waals surface area contributed by atoms with Crippen molar-refractivity contribution >= 4 is 27.4 Å². The van der Waals surface area contributed by atoms with Gasteiger partial charge in [0, 0.05) is 19.0 Å². The van der Waals surface area contributed by atoms with Crippen LogP contribution in [0.1, 0.15) is 5.56 Å². The van der Waals surface area contributed by atoms with E-state index in [9.17, 15) is 18.0 Å². The summed E-state index contributed by atoms with van der Waals surface area (Å²) in [4.78, 5) is 24.3. The molecular formula is C17H19N4O4S. The quantitative estimate of drug-likeness (QED) is 0.703. The summed E-state index contributed by atoms with van der Waals surface area (Å²) in [5.74, 6) is -1.88. The van der Waals surface area contributed by atoms with Crippen molar-refractivity contribution in [3.05, 3.63) is 48.2 Å². The highest BCUT2D eigenvalue weighted by molar-refractivity contribution is 7.89. The number of carbonyl (C=O) groups excluding carboxylic acids is 2. The molecule has 1 atom stereocenters. The number of benzene rings is 1. The third kappa shape index (κ3) is 4.36. The molecule has 2 heterocycles. The molecule has 2 aliphatic heterocycles. The van der Waals surface area contributed by atoms with Crippen LogP contribution >= 0.6 is 0 Å². The maximum Gasteiger partial charge on any atom is 0.235 e. The summed E-state index contributed by atoms with van der Waals surface area (Å²) in [6.45, 7) is 0.255. The second kappa shape index (κ2) is 7.79. The Morgan fingerprint density at radius 3 is 2.69 bits per heavy atom. The van der Waals surface area contributed by atoms with Gasteiger partial charge in [0.15, 0.2) is 5.78 Å². The van der Waals surface area contributed by atoms with Gasteiger partial charge in [-0.1, -0.05) is 30.3 Å². The molecule has 1 aromatic carbocycles. The molecule has 137 valence electrons. The van der Waals surface area contributed by atoms with Crippen molar-refractivity contribution in [1.29, 1.82) is 0 Å². The number of Topliss-reactive ketones (excluding diaryl/α,β-unsaturated/α-hetero) is 1. The Morgan fingerprint density at radius 1 is 1.27 bits per heavy atom. The van der Waals surface area contributed by atoms with Crippen molar-refractivity contribution in [2.24, 2.45) is 11.0 Å². The van der Waals surface area contributed by atoms with Crippen LogP contribution in [-0.2, 0) is 26.0 Å². The predicted molar refractivity (Wildman–Crippen MR) is 95.7 cm³/mol. The van der Waals surface area contributed by atoms with Crippen molar-refractivity contribution in [1.82, 2.24) is 15.0 Å². The number of allylic oxidation sites excluding steroid dienone is 1. The number of nitrogens with zero attached hydrogens (tertiary/aromatic N) is 3. The van der Waals surface area contributed by atoms with Crippen LogP contribution in [0.3, 0.4) is 0 Å². The van der Waals surface area contributed by atoms with Gasteiger partial charge in [-0.3, -0.25) is 9.59 Å². The maximum absolute atomic E-state index is 12.8. The predicted octanol–water partition coefficient (Wildman–Crippen LogP) is -0.336. The van der Waals surface area contributed by atoms with Crippen molar-refractivity contribution in [2.45, 2.75) is 6.42 Å². The van der Waals surface area contributed by atoms with Gasteiger partial charge in [-0.25, -0.2) is 8.42 Å². The average Bonchev–Trinajstić information content (AvgIpc) is 3.16. The van der Waals surface area contributed by atoms with Crippen LogP contribution in [0, 0.1) is 5.92 Å². The highest BCUT2D eigenvalue weighted by atomic mass is 32.2. The fourth-order valence-electron chi connectivity index (χ4n) is 2.91. The molecule has 0 aliphatic carbocycles. The van der Waals surface area contributed by atoms with E-state index in [1.165, 1.54) is 12.3 Å². The lowest BCUT2D eigenvalue weighted by Gasteiger charge is -2.27. The molecule has 0 aromatic heterocycles. The van der Waals surface area contributed by atoms with E-state index in [1.54, 1.807) is 0 Å². The standard InChI is InChI=1S/C17H19N4O4S/c22-16-11-21(9-8-18-16)26(24,25)12-14(10-13-4-2-1-3-5-13)17(23)15-6-7-19-20-15/h1-7,14H,8-12H2,(H,18,22)/t14-/m1/s1. The van der Waals surface area contributed by atoms with Crippen molar-refractivity contribution in [3.8, 4) is 0 Å². The molecule has 9 heteroatoms. The molecule has 1 fully saturated rings. The Labute approximate surface area is 152 Å². The zero-order chi connectivity index (χ0) is 18.6. The molecule has 0 bridgehead atoms. The normalized spacial score (nSPS) is 18.8. The van der Waals surface area contributed by atoms with Crippen LogP contribution in [0.15, 0.2) is 47.7 Å². The molecule has 1 N–H and O–H groups in total. The van der Waals surface area contributed by atoms with Crippen molar-refractivity contribution in [2.75, 3.05) is 25.4 Å². The van der Waals surface area contributed by atoms with Gasteiger partial charge in [-0.2, -0.15) is 9.73 Å². The van der Waals surface area contributed by atoms with E-state index in [0.29, 0.717) is 0 Å². The average molecular weight is 375 g/mol. The summed E-state index contributed by atoms with van der Waals surface area (Å²) in [6, 6.07) is 9.22. The first kappa shape index (κ1) is 18.3. The molecule has 1 amide bonds. The third-order valence-electron chi connectivity index (χ3n) is 4.22. The number of sulfonamides is 1. The van der Waals surface area contributed by atoms with Crippen LogP contribution in [0.4, 0.5) is 0 Å². The summed E-state index contributed by atoms with van der Waals surface area (Å²) < 4.78 is 26.7. The van der Waals surface area contributed by atoms with E-state index in [-0.39, 0.29) is 49.2 Å². The van der Waals surface area contributed by atoms with E-state index in [1.807, 2.05) is 30.3 Å². The Morgan fingerprint density at radius 2 is 2.04 bits per heavy atom. The Bertz CT molecular complexity index is 849. The molecular weight excluding hydrogens is 356 g/mol. The smallest absolute Gasteiger partial charge is 0.235 e. The highest BCUT2D eigenvalue weighted by Crippen LogP contribution is 2.17. The minimum Gasteiger partial charge on any atom is -0.354 e. The van der Waals surface area contributed by atoms with Gasteiger partial charge < -0.3 is 5.32 Å². The molecule has 2 aliphatic rings. The lowest BCUT2D eigenvalue weighted by Crippen LogP contribution is -2.51. The molecule has 0 saturated carbocycles. The van der Waals surface area contributed by atoms with E-state index >= 15 is 0 Å². The first-order valence-electron chi connectivity index (χ1n) is 8.23. The van der Waals surface area contributed by atoms with Crippen LogP contribution in [0.5, 0.6) is 0 Å². The molecule has 0 unspecified atom stereocenters. The lowest BCUT2D eigenvalue weighted by atomic mass is 9.94. The Hall–Kier alpha value is -2.52. The van der Waals surface area contributed by atoms with Gasteiger partial charge in [0.25, 0.3) is 0 Å². The van der Waals surface area contributed by atoms with Crippen LogP contribution < -0.4 is 10.7 Å². The summed E-state index contributed by atoms with van der Waals surface area (Å²) in [5, 5.41) is 6.35. The Kier molecular flexibility index (Phi) is 5.48. The van der Waals surface area contributed by atoms with Crippen molar-refractivity contribution < 1.29 is 18.0 Å². The fraction of sp³-hybridized carbons (Fsp3) is 0.353. The van der Waals surface area contributed by atoms with Gasteiger partial charge in [0.2, 0.25) is 15.9 Å². The summed E-state index contributed by atoms with van der Waals surface area (Å²) in [5.41, 5.74) is 4.65. The summed E-state index contributed by atoms with van der Waals surface area (Å²) in [6.07, 6.45) is 3.14. The number of ketones is 1.